The molecule has 1 atom stereocenters. The molecule has 0 aliphatic carbocycles. The van der Waals surface area contributed by atoms with Crippen LogP contribution in [-0.2, 0) is 16.0 Å². The number of rotatable bonds is 3. The lowest BCUT2D eigenvalue weighted by molar-refractivity contribution is -0.147. The van der Waals surface area contributed by atoms with Gasteiger partial charge in [0.05, 0.1) is 0 Å². The van der Waals surface area contributed by atoms with E-state index >= 15 is 0 Å². The van der Waals surface area contributed by atoms with Crippen molar-refractivity contribution in [1.82, 2.24) is 0 Å². The molecule has 1 fully saturated rings. The molecule has 0 N–H and O–H groups in total. The smallest absolute Gasteiger partial charge is 0.168 e. The van der Waals surface area contributed by atoms with Crippen LogP contribution in [0.1, 0.15) is 42.9 Å². The second kappa shape index (κ2) is 5.23. The minimum Gasteiger partial charge on any atom is -0.367 e. The maximum Gasteiger partial charge on any atom is 0.168 e. The molecule has 1 saturated heterocycles. The Morgan fingerprint density at radius 2 is 2.06 bits per heavy atom. The Bertz CT molecular complexity index is 442. The van der Waals surface area contributed by atoms with Crippen molar-refractivity contribution in [2.75, 3.05) is 6.61 Å². The minimum atomic E-state index is -0.558. The fourth-order valence-corrected chi connectivity index (χ4v) is 2.44. The van der Waals surface area contributed by atoms with E-state index in [2.05, 4.69) is 26.0 Å². The van der Waals surface area contributed by atoms with Crippen LogP contribution in [0, 0.1) is 13.8 Å². The molecule has 1 aliphatic heterocycles. The van der Waals surface area contributed by atoms with Gasteiger partial charge in [0.2, 0.25) is 0 Å². The lowest BCUT2D eigenvalue weighted by Crippen LogP contribution is -2.42. The van der Waals surface area contributed by atoms with Gasteiger partial charge in [0.15, 0.2) is 5.78 Å². The van der Waals surface area contributed by atoms with E-state index in [1.54, 1.807) is 0 Å². The highest BCUT2D eigenvalue weighted by Gasteiger charge is 2.35. The van der Waals surface area contributed by atoms with Crippen LogP contribution in [0.2, 0.25) is 0 Å². The molecule has 1 unspecified atom stereocenters. The summed E-state index contributed by atoms with van der Waals surface area (Å²) in [7, 11) is 0. The van der Waals surface area contributed by atoms with Crippen molar-refractivity contribution in [3.63, 3.8) is 0 Å². The summed E-state index contributed by atoms with van der Waals surface area (Å²) in [6.45, 7) is 6.83. The molecule has 2 nitrogen and oxygen atoms in total. The molecule has 0 saturated carbocycles. The summed E-state index contributed by atoms with van der Waals surface area (Å²) in [5.74, 6) is 0.213. The molecule has 0 bridgehead atoms. The van der Waals surface area contributed by atoms with Gasteiger partial charge in [-0.3, -0.25) is 4.79 Å². The van der Waals surface area contributed by atoms with E-state index in [0.29, 0.717) is 6.42 Å². The molecule has 0 amide bonds. The minimum absolute atomic E-state index is 0.213. The Morgan fingerprint density at radius 1 is 1.28 bits per heavy atom. The standard InChI is InChI=1S/C16H22O2/c1-12-6-7-14(10-13(12)2)11-15(17)16(3)8-4-5-9-18-16/h6-7,10H,4-5,8-9,11H2,1-3H3. The van der Waals surface area contributed by atoms with Crippen LogP contribution in [-0.4, -0.2) is 18.0 Å². The molecule has 18 heavy (non-hydrogen) atoms. The first-order valence-corrected chi connectivity index (χ1v) is 6.75. The second-order valence-electron chi connectivity index (χ2n) is 5.55. The molecule has 98 valence electrons. The number of ether oxygens (including phenoxy) is 1. The molecule has 0 spiro atoms. The van der Waals surface area contributed by atoms with E-state index in [9.17, 15) is 4.79 Å². The Kier molecular flexibility index (Phi) is 3.86. The molecule has 2 rings (SSSR count). The number of carbonyl (C=O) groups is 1. The first kappa shape index (κ1) is 13.3. The largest absolute Gasteiger partial charge is 0.367 e. The quantitative estimate of drug-likeness (QED) is 0.817. The Labute approximate surface area is 109 Å². The summed E-state index contributed by atoms with van der Waals surface area (Å²) < 4.78 is 5.70. The number of hydrogen-bond donors (Lipinski definition) is 0. The van der Waals surface area contributed by atoms with Gasteiger partial charge in [0.25, 0.3) is 0 Å². The number of benzene rings is 1. The van der Waals surface area contributed by atoms with E-state index in [1.807, 2.05) is 13.0 Å². The predicted octanol–water partition coefficient (Wildman–Crippen LogP) is 3.37. The summed E-state index contributed by atoms with van der Waals surface area (Å²) in [5.41, 5.74) is 3.05. The van der Waals surface area contributed by atoms with Gasteiger partial charge in [0, 0.05) is 13.0 Å². The molecule has 0 aromatic heterocycles. The third-order valence-corrected chi connectivity index (χ3v) is 3.99. The molecule has 2 heteroatoms. The number of Topliss-reactive ketones (excluding diaryl/α,β-unsaturated/α-hetero) is 1. The van der Waals surface area contributed by atoms with Crippen molar-refractivity contribution < 1.29 is 9.53 Å². The van der Waals surface area contributed by atoms with Crippen LogP contribution in [0.5, 0.6) is 0 Å². The topological polar surface area (TPSA) is 26.3 Å². The maximum atomic E-state index is 12.4. The zero-order valence-electron chi connectivity index (χ0n) is 11.6. The average Bonchev–Trinajstić information content (AvgIpc) is 2.35. The van der Waals surface area contributed by atoms with Gasteiger partial charge in [-0.15, -0.1) is 0 Å². The highest BCUT2D eigenvalue weighted by molar-refractivity contribution is 5.89. The highest BCUT2D eigenvalue weighted by atomic mass is 16.5. The average molecular weight is 246 g/mol. The monoisotopic (exact) mass is 246 g/mol. The SMILES string of the molecule is Cc1ccc(CC(=O)C2(C)CCCCO2)cc1C. The van der Waals surface area contributed by atoms with Crippen molar-refractivity contribution in [2.24, 2.45) is 0 Å². The van der Waals surface area contributed by atoms with Crippen molar-refractivity contribution in [1.29, 1.82) is 0 Å². The van der Waals surface area contributed by atoms with E-state index in [4.69, 9.17) is 4.74 Å². The molecule has 1 aromatic rings. The van der Waals surface area contributed by atoms with Gasteiger partial charge in [-0.1, -0.05) is 18.2 Å². The summed E-state index contributed by atoms with van der Waals surface area (Å²) in [6.07, 6.45) is 3.51. The fourth-order valence-electron chi connectivity index (χ4n) is 2.44. The van der Waals surface area contributed by atoms with Crippen molar-refractivity contribution in [3.05, 3.63) is 34.9 Å². The predicted molar refractivity (Wildman–Crippen MR) is 72.8 cm³/mol. The summed E-state index contributed by atoms with van der Waals surface area (Å²) >= 11 is 0. The first-order chi connectivity index (χ1) is 8.51. The zero-order valence-corrected chi connectivity index (χ0v) is 11.6. The van der Waals surface area contributed by atoms with E-state index in [-0.39, 0.29) is 5.78 Å². The molecule has 0 radical (unpaired) electrons. The van der Waals surface area contributed by atoms with Crippen LogP contribution in [0.4, 0.5) is 0 Å². The number of hydrogen-bond acceptors (Lipinski definition) is 2. The maximum absolute atomic E-state index is 12.4. The van der Waals surface area contributed by atoms with Gasteiger partial charge < -0.3 is 4.74 Å². The summed E-state index contributed by atoms with van der Waals surface area (Å²) in [5, 5.41) is 0. The van der Waals surface area contributed by atoms with E-state index in [0.717, 1.165) is 31.4 Å². The first-order valence-electron chi connectivity index (χ1n) is 6.75. The Morgan fingerprint density at radius 3 is 2.67 bits per heavy atom. The van der Waals surface area contributed by atoms with Crippen LogP contribution in [0.15, 0.2) is 18.2 Å². The van der Waals surface area contributed by atoms with E-state index in [1.165, 1.54) is 11.1 Å². The highest BCUT2D eigenvalue weighted by Crippen LogP contribution is 2.27. The number of carbonyl (C=O) groups excluding carboxylic acids is 1. The third kappa shape index (κ3) is 2.81. The van der Waals surface area contributed by atoms with Crippen LogP contribution >= 0.6 is 0 Å². The molecule has 1 heterocycles. The third-order valence-electron chi connectivity index (χ3n) is 3.99. The van der Waals surface area contributed by atoms with Crippen molar-refractivity contribution >= 4 is 5.78 Å². The van der Waals surface area contributed by atoms with Gasteiger partial charge in [-0.25, -0.2) is 0 Å². The van der Waals surface area contributed by atoms with E-state index < -0.39 is 5.60 Å². The normalized spacial score (nSPS) is 23.9. The van der Waals surface area contributed by atoms with Crippen molar-refractivity contribution in [2.45, 2.75) is 52.1 Å². The molecular formula is C16H22O2. The lowest BCUT2D eigenvalue weighted by atomic mass is 9.88. The molecule has 1 aliphatic rings. The number of ketones is 1. The zero-order chi connectivity index (χ0) is 13.2. The van der Waals surface area contributed by atoms with Gasteiger partial charge in [-0.2, -0.15) is 0 Å². The second-order valence-corrected chi connectivity index (χ2v) is 5.55. The summed E-state index contributed by atoms with van der Waals surface area (Å²) in [6, 6.07) is 6.24. The molecule has 1 aromatic carbocycles. The van der Waals surface area contributed by atoms with Gasteiger partial charge in [0.1, 0.15) is 5.60 Å². The van der Waals surface area contributed by atoms with Crippen molar-refractivity contribution in [3.8, 4) is 0 Å². The lowest BCUT2D eigenvalue weighted by Gasteiger charge is -2.32. The Hall–Kier alpha value is -1.15. The van der Waals surface area contributed by atoms with Crippen LogP contribution in [0.25, 0.3) is 0 Å². The summed E-state index contributed by atoms with van der Waals surface area (Å²) in [4.78, 5) is 12.4. The van der Waals surface area contributed by atoms with Gasteiger partial charge >= 0.3 is 0 Å². The molecular weight excluding hydrogens is 224 g/mol. The number of aryl methyl sites for hydroxylation is 2. The van der Waals surface area contributed by atoms with Gasteiger partial charge in [-0.05, 0) is 56.7 Å². The van der Waals surface area contributed by atoms with Crippen LogP contribution in [0.3, 0.4) is 0 Å². The van der Waals surface area contributed by atoms with Crippen LogP contribution < -0.4 is 0 Å². The fraction of sp³-hybridized carbons (Fsp3) is 0.562. The Balaban J connectivity index is 2.08.